The minimum atomic E-state index is -4.86. The summed E-state index contributed by atoms with van der Waals surface area (Å²) in [6, 6.07) is 10.0. The van der Waals surface area contributed by atoms with Crippen LogP contribution in [0.4, 0.5) is 23.8 Å². The zero-order valence-electron chi connectivity index (χ0n) is 14.4. The number of hydrogen-bond donors (Lipinski definition) is 3. The summed E-state index contributed by atoms with van der Waals surface area (Å²) >= 11 is 0. The molecule has 0 spiro atoms. The van der Waals surface area contributed by atoms with Gasteiger partial charge in [0.25, 0.3) is 5.88 Å². The van der Waals surface area contributed by atoms with E-state index >= 15 is 0 Å². The Labute approximate surface area is 151 Å². The van der Waals surface area contributed by atoms with Crippen LogP contribution in [0, 0.1) is 6.92 Å². The number of ether oxygens (including phenoxy) is 1. The second-order valence-corrected chi connectivity index (χ2v) is 5.82. The van der Waals surface area contributed by atoms with E-state index in [0.717, 1.165) is 5.56 Å². The molecule has 1 atom stereocenters. The highest BCUT2D eigenvalue weighted by atomic mass is 19.4. The predicted octanol–water partition coefficient (Wildman–Crippen LogP) is 4.05. The van der Waals surface area contributed by atoms with Crippen molar-refractivity contribution in [1.82, 2.24) is 20.5 Å². The van der Waals surface area contributed by atoms with Crippen LogP contribution in [0.25, 0.3) is 10.9 Å². The number of carbonyl (C=O) groups is 1. The molecule has 3 N–H and O–H groups in total. The van der Waals surface area contributed by atoms with Gasteiger partial charge in [-0.05, 0) is 19.4 Å². The molecule has 0 bridgehead atoms. The zero-order chi connectivity index (χ0) is 19.6. The summed E-state index contributed by atoms with van der Waals surface area (Å²) in [4.78, 5) is 16.3. The number of rotatable bonds is 4. The smallest absolute Gasteiger partial charge is 0.385 e. The second-order valence-electron chi connectivity index (χ2n) is 5.82. The number of aromatic amines is 1. The fourth-order valence-corrected chi connectivity index (χ4v) is 2.62. The summed E-state index contributed by atoms with van der Waals surface area (Å²) in [5.41, 5.74) is 1.41. The fourth-order valence-electron chi connectivity index (χ4n) is 2.62. The molecule has 0 saturated heterocycles. The van der Waals surface area contributed by atoms with E-state index in [1.807, 2.05) is 37.3 Å². The number of anilines is 1. The Kier molecular flexibility index (Phi) is 4.89. The first-order valence-corrected chi connectivity index (χ1v) is 7.97. The van der Waals surface area contributed by atoms with E-state index in [9.17, 15) is 18.0 Å². The van der Waals surface area contributed by atoms with Crippen LogP contribution >= 0.6 is 0 Å². The Hall–Kier alpha value is -3.30. The lowest BCUT2D eigenvalue weighted by atomic mass is 10.1. The minimum absolute atomic E-state index is 0.0935. The van der Waals surface area contributed by atoms with Crippen LogP contribution in [-0.2, 0) is 0 Å². The van der Waals surface area contributed by atoms with E-state index in [4.69, 9.17) is 0 Å². The van der Waals surface area contributed by atoms with Gasteiger partial charge in [-0.25, -0.2) is 9.78 Å². The van der Waals surface area contributed by atoms with Crippen LogP contribution in [0.1, 0.15) is 24.2 Å². The van der Waals surface area contributed by atoms with E-state index in [1.54, 1.807) is 0 Å². The van der Waals surface area contributed by atoms with Gasteiger partial charge in [0.1, 0.15) is 5.82 Å². The van der Waals surface area contributed by atoms with Crippen molar-refractivity contribution in [3.8, 4) is 5.88 Å². The zero-order valence-corrected chi connectivity index (χ0v) is 14.4. The Morgan fingerprint density at radius 1 is 1.26 bits per heavy atom. The van der Waals surface area contributed by atoms with E-state index in [2.05, 4.69) is 30.6 Å². The average molecular weight is 379 g/mol. The van der Waals surface area contributed by atoms with Crippen molar-refractivity contribution in [2.45, 2.75) is 26.3 Å². The molecule has 10 heteroatoms. The van der Waals surface area contributed by atoms with Crippen LogP contribution in [0.15, 0.2) is 36.4 Å². The van der Waals surface area contributed by atoms with Crippen molar-refractivity contribution in [2.24, 2.45) is 0 Å². The summed E-state index contributed by atoms with van der Waals surface area (Å²) in [6.07, 6.45) is -4.86. The van der Waals surface area contributed by atoms with Crippen LogP contribution in [0.2, 0.25) is 0 Å². The lowest BCUT2D eigenvalue weighted by Crippen LogP contribution is -2.31. The van der Waals surface area contributed by atoms with Crippen molar-refractivity contribution in [2.75, 3.05) is 5.32 Å². The van der Waals surface area contributed by atoms with Crippen LogP contribution in [0.3, 0.4) is 0 Å². The maximum atomic E-state index is 12.4. The van der Waals surface area contributed by atoms with Gasteiger partial charge in [-0.2, -0.15) is 0 Å². The summed E-state index contributed by atoms with van der Waals surface area (Å²) < 4.78 is 41.2. The van der Waals surface area contributed by atoms with E-state index in [1.165, 1.54) is 13.0 Å². The van der Waals surface area contributed by atoms with Gasteiger partial charge in [-0.3, -0.25) is 10.4 Å². The van der Waals surface area contributed by atoms with Gasteiger partial charge in [0.2, 0.25) is 0 Å². The first kappa shape index (κ1) is 18.5. The molecule has 0 saturated carbocycles. The molecule has 142 valence electrons. The number of nitrogens with zero attached hydrogens (tertiary/aromatic N) is 2. The number of nitrogens with one attached hydrogen (secondary N) is 3. The number of carbonyl (C=O) groups excluding carboxylic acids is 1. The van der Waals surface area contributed by atoms with Gasteiger partial charge in [-0.1, -0.05) is 30.3 Å². The number of urea groups is 1. The number of aryl methyl sites for hydroxylation is 1. The van der Waals surface area contributed by atoms with E-state index in [-0.39, 0.29) is 28.5 Å². The second kappa shape index (κ2) is 7.14. The van der Waals surface area contributed by atoms with Crippen LogP contribution in [-0.4, -0.2) is 27.6 Å². The molecule has 2 heterocycles. The maximum Gasteiger partial charge on any atom is 0.574 e. The molecule has 0 aliphatic heterocycles. The van der Waals surface area contributed by atoms with Gasteiger partial charge in [0.15, 0.2) is 0 Å². The van der Waals surface area contributed by atoms with Crippen molar-refractivity contribution in [3.05, 3.63) is 47.7 Å². The topological polar surface area (TPSA) is 91.9 Å². The third-order valence-corrected chi connectivity index (χ3v) is 3.79. The first-order chi connectivity index (χ1) is 12.7. The Morgan fingerprint density at radius 3 is 2.63 bits per heavy atom. The molecule has 1 aromatic carbocycles. The number of hydrogen-bond acceptors (Lipinski definition) is 4. The molecule has 0 unspecified atom stereocenters. The minimum Gasteiger partial charge on any atom is -0.385 e. The summed E-state index contributed by atoms with van der Waals surface area (Å²) in [6.45, 7) is 3.32. The number of amides is 2. The molecule has 27 heavy (non-hydrogen) atoms. The molecule has 3 rings (SSSR count). The Balaban J connectivity index is 1.75. The molecule has 3 aromatic rings. The monoisotopic (exact) mass is 379 g/mol. The third kappa shape index (κ3) is 4.46. The lowest BCUT2D eigenvalue weighted by Gasteiger charge is -2.15. The number of aromatic nitrogens is 3. The van der Waals surface area contributed by atoms with Crippen molar-refractivity contribution < 1.29 is 22.7 Å². The van der Waals surface area contributed by atoms with Gasteiger partial charge in [0, 0.05) is 6.07 Å². The standard InChI is InChI=1S/C17H16F3N5O2/c1-9(11-6-4-3-5-7-11)22-16(26)23-13-8-12-14(10(2)21-13)15(25-24-12)27-17(18,19)20/h3-9H,1-2H3,(H,24,25)(H2,21,22,23,26)/t9-/m1/s1. The van der Waals surface area contributed by atoms with Crippen molar-refractivity contribution in [3.63, 3.8) is 0 Å². The number of halogens is 3. The summed E-state index contributed by atoms with van der Waals surface area (Å²) in [5, 5.41) is 11.4. The Bertz CT molecular complexity index is 956. The molecule has 0 aliphatic rings. The highest BCUT2D eigenvalue weighted by Crippen LogP contribution is 2.31. The average Bonchev–Trinajstić information content (AvgIpc) is 2.96. The number of benzene rings is 1. The predicted molar refractivity (Wildman–Crippen MR) is 92.3 cm³/mol. The van der Waals surface area contributed by atoms with Crippen LogP contribution < -0.4 is 15.4 Å². The fraction of sp³-hybridized carbons (Fsp3) is 0.235. The molecule has 0 radical (unpaired) electrons. The van der Waals surface area contributed by atoms with Crippen molar-refractivity contribution >= 4 is 22.8 Å². The van der Waals surface area contributed by atoms with E-state index in [0.29, 0.717) is 0 Å². The molecule has 2 aromatic heterocycles. The lowest BCUT2D eigenvalue weighted by molar-refractivity contribution is -0.275. The quantitative estimate of drug-likeness (QED) is 0.638. The van der Waals surface area contributed by atoms with Gasteiger partial charge >= 0.3 is 12.4 Å². The van der Waals surface area contributed by atoms with Gasteiger partial charge in [0.05, 0.1) is 22.6 Å². The molecule has 2 amide bonds. The molecular formula is C17H16F3N5O2. The van der Waals surface area contributed by atoms with Gasteiger partial charge < -0.3 is 10.1 Å². The third-order valence-electron chi connectivity index (χ3n) is 3.79. The summed E-state index contributed by atoms with van der Waals surface area (Å²) in [5.74, 6) is -0.448. The molecular weight excluding hydrogens is 363 g/mol. The number of H-pyrrole nitrogens is 1. The van der Waals surface area contributed by atoms with Crippen molar-refractivity contribution in [1.29, 1.82) is 0 Å². The molecule has 0 aliphatic carbocycles. The number of alkyl halides is 3. The van der Waals surface area contributed by atoms with Crippen LogP contribution in [0.5, 0.6) is 5.88 Å². The highest BCUT2D eigenvalue weighted by molar-refractivity contribution is 5.93. The number of pyridine rings is 1. The SMILES string of the molecule is Cc1nc(NC(=O)N[C@H](C)c2ccccc2)cc2[nH]nc(OC(F)(F)F)c12. The number of fused-ring (bicyclic) bond motifs is 1. The normalized spacial score (nSPS) is 12.6. The largest absolute Gasteiger partial charge is 0.574 e. The highest BCUT2D eigenvalue weighted by Gasteiger charge is 2.33. The first-order valence-electron chi connectivity index (χ1n) is 7.97. The molecule has 7 nitrogen and oxygen atoms in total. The Morgan fingerprint density at radius 2 is 1.96 bits per heavy atom. The maximum absolute atomic E-state index is 12.4. The molecule has 0 fully saturated rings. The summed E-state index contributed by atoms with van der Waals surface area (Å²) in [7, 11) is 0. The van der Waals surface area contributed by atoms with E-state index < -0.39 is 18.3 Å². The van der Waals surface area contributed by atoms with Gasteiger partial charge in [-0.15, -0.1) is 18.3 Å².